The third-order valence-electron chi connectivity index (χ3n) is 4.34. The average Bonchev–Trinajstić information content (AvgIpc) is 2.59. The summed E-state index contributed by atoms with van der Waals surface area (Å²) in [6.45, 7) is 6.27. The Morgan fingerprint density at radius 3 is 2.17 bits per heavy atom. The SMILES string of the molecule is CC1(C)CC(NCc2ccccc2)=CC(=NCc2ccccc2)C1. The fraction of sp³-hybridized carbons (Fsp3) is 0.318. The number of allylic oxidation sites excluding steroid dienone is 2. The second kappa shape index (κ2) is 7.48. The van der Waals surface area contributed by atoms with E-state index in [0.717, 1.165) is 25.9 Å². The lowest BCUT2D eigenvalue weighted by molar-refractivity contribution is 0.362. The topological polar surface area (TPSA) is 24.4 Å². The van der Waals surface area contributed by atoms with Gasteiger partial charge in [0.2, 0.25) is 0 Å². The van der Waals surface area contributed by atoms with Crippen molar-refractivity contribution in [3.63, 3.8) is 0 Å². The Balaban J connectivity index is 1.69. The molecule has 3 rings (SSSR count). The van der Waals surface area contributed by atoms with Crippen molar-refractivity contribution in [1.82, 2.24) is 5.32 Å². The van der Waals surface area contributed by atoms with Crippen molar-refractivity contribution in [2.45, 2.75) is 39.8 Å². The fourth-order valence-electron chi connectivity index (χ4n) is 3.17. The van der Waals surface area contributed by atoms with E-state index in [1.54, 1.807) is 0 Å². The van der Waals surface area contributed by atoms with Crippen molar-refractivity contribution in [1.29, 1.82) is 0 Å². The van der Waals surface area contributed by atoms with Gasteiger partial charge in [0, 0.05) is 18.0 Å². The molecule has 2 aromatic carbocycles. The van der Waals surface area contributed by atoms with Gasteiger partial charge in [0.05, 0.1) is 6.54 Å². The number of aliphatic imine (C=N–C) groups is 1. The van der Waals surface area contributed by atoms with Gasteiger partial charge in [-0.05, 0) is 35.5 Å². The van der Waals surface area contributed by atoms with Crippen LogP contribution in [0.4, 0.5) is 0 Å². The summed E-state index contributed by atoms with van der Waals surface area (Å²) in [7, 11) is 0. The first-order valence-electron chi connectivity index (χ1n) is 8.66. The van der Waals surface area contributed by atoms with Crippen LogP contribution in [0.5, 0.6) is 0 Å². The number of nitrogens with one attached hydrogen (secondary N) is 1. The molecule has 0 radical (unpaired) electrons. The molecule has 0 saturated carbocycles. The first kappa shape index (κ1) is 16.5. The monoisotopic (exact) mass is 318 g/mol. The smallest absolute Gasteiger partial charge is 0.0643 e. The fourth-order valence-corrected chi connectivity index (χ4v) is 3.17. The van der Waals surface area contributed by atoms with Crippen molar-refractivity contribution >= 4 is 5.71 Å². The second-order valence-electron chi connectivity index (χ2n) is 7.32. The van der Waals surface area contributed by atoms with Crippen molar-refractivity contribution in [3.8, 4) is 0 Å². The minimum absolute atomic E-state index is 0.253. The lowest BCUT2D eigenvalue weighted by Gasteiger charge is -2.31. The lowest BCUT2D eigenvalue weighted by Crippen LogP contribution is -2.28. The Bertz CT molecular complexity index is 712. The summed E-state index contributed by atoms with van der Waals surface area (Å²) >= 11 is 0. The predicted octanol–water partition coefficient (Wildman–Crippen LogP) is 5.12. The molecule has 0 fully saturated rings. The summed E-state index contributed by atoms with van der Waals surface area (Å²) in [4.78, 5) is 4.85. The first-order valence-corrected chi connectivity index (χ1v) is 8.66. The Hall–Kier alpha value is -2.35. The van der Waals surface area contributed by atoms with Gasteiger partial charge >= 0.3 is 0 Å². The zero-order valence-corrected chi connectivity index (χ0v) is 14.6. The van der Waals surface area contributed by atoms with Crippen LogP contribution in [0.15, 0.2) is 77.4 Å². The van der Waals surface area contributed by atoms with Gasteiger partial charge in [0.15, 0.2) is 0 Å². The Morgan fingerprint density at radius 1 is 0.875 bits per heavy atom. The highest BCUT2D eigenvalue weighted by molar-refractivity contribution is 5.96. The molecule has 0 aliphatic heterocycles. The van der Waals surface area contributed by atoms with Gasteiger partial charge < -0.3 is 5.32 Å². The number of benzene rings is 2. The summed E-state index contributed by atoms with van der Waals surface area (Å²) in [6.07, 6.45) is 4.36. The van der Waals surface area contributed by atoms with Crippen LogP contribution in [0.25, 0.3) is 0 Å². The molecule has 1 aliphatic carbocycles. The number of hydrogen-bond acceptors (Lipinski definition) is 2. The zero-order chi connectivity index (χ0) is 16.8. The van der Waals surface area contributed by atoms with Crippen LogP contribution in [0.3, 0.4) is 0 Å². The van der Waals surface area contributed by atoms with Crippen LogP contribution in [0, 0.1) is 5.41 Å². The van der Waals surface area contributed by atoms with E-state index in [1.807, 2.05) is 6.07 Å². The van der Waals surface area contributed by atoms with E-state index in [4.69, 9.17) is 4.99 Å². The summed E-state index contributed by atoms with van der Waals surface area (Å²) in [5, 5.41) is 3.60. The largest absolute Gasteiger partial charge is 0.384 e. The molecule has 2 aromatic rings. The normalized spacial score (nSPS) is 18.2. The molecule has 1 N–H and O–H groups in total. The van der Waals surface area contributed by atoms with Crippen molar-refractivity contribution in [2.75, 3.05) is 0 Å². The standard InChI is InChI=1S/C22H26N2/c1-22(2)14-20(23-16-18-9-5-3-6-10-18)13-21(15-22)24-17-19-11-7-4-8-12-19/h3-13,23H,14-17H2,1-2H3. The van der Waals surface area contributed by atoms with Crippen LogP contribution < -0.4 is 5.32 Å². The molecular weight excluding hydrogens is 292 g/mol. The van der Waals surface area contributed by atoms with E-state index in [0.29, 0.717) is 0 Å². The molecular formula is C22H26N2. The lowest BCUT2D eigenvalue weighted by atomic mass is 9.78. The molecule has 24 heavy (non-hydrogen) atoms. The van der Waals surface area contributed by atoms with E-state index in [2.05, 4.69) is 79.8 Å². The van der Waals surface area contributed by atoms with Crippen molar-refractivity contribution in [2.24, 2.45) is 10.4 Å². The molecule has 124 valence electrons. The molecule has 0 unspecified atom stereocenters. The Labute approximate surface area is 145 Å². The highest BCUT2D eigenvalue weighted by Crippen LogP contribution is 2.33. The summed E-state index contributed by atoms with van der Waals surface area (Å²) in [5.41, 5.74) is 5.32. The molecule has 0 spiro atoms. The summed E-state index contributed by atoms with van der Waals surface area (Å²) < 4.78 is 0. The van der Waals surface area contributed by atoms with Gasteiger partial charge in [-0.25, -0.2) is 0 Å². The van der Waals surface area contributed by atoms with E-state index in [9.17, 15) is 0 Å². The Morgan fingerprint density at radius 2 is 1.50 bits per heavy atom. The molecule has 2 heteroatoms. The molecule has 0 aromatic heterocycles. The number of hydrogen-bond donors (Lipinski definition) is 1. The van der Waals surface area contributed by atoms with Gasteiger partial charge in [-0.2, -0.15) is 0 Å². The minimum Gasteiger partial charge on any atom is -0.384 e. The quantitative estimate of drug-likeness (QED) is 0.813. The number of rotatable bonds is 5. The maximum absolute atomic E-state index is 4.85. The van der Waals surface area contributed by atoms with Crippen molar-refractivity contribution < 1.29 is 0 Å². The first-order chi connectivity index (χ1) is 11.6. The van der Waals surface area contributed by atoms with Crippen LogP contribution in [-0.2, 0) is 13.1 Å². The van der Waals surface area contributed by atoms with E-state index < -0.39 is 0 Å². The maximum atomic E-state index is 4.85. The van der Waals surface area contributed by atoms with Gasteiger partial charge in [-0.3, -0.25) is 4.99 Å². The van der Waals surface area contributed by atoms with Crippen LogP contribution in [0.2, 0.25) is 0 Å². The molecule has 0 saturated heterocycles. The zero-order valence-electron chi connectivity index (χ0n) is 14.6. The van der Waals surface area contributed by atoms with Gasteiger partial charge in [0.1, 0.15) is 0 Å². The second-order valence-corrected chi connectivity index (χ2v) is 7.32. The van der Waals surface area contributed by atoms with E-state index in [-0.39, 0.29) is 5.41 Å². The van der Waals surface area contributed by atoms with Crippen LogP contribution >= 0.6 is 0 Å². The molecule has 0 amide bonds. The highest BCUT2D eigenvalue weighted by atomic mass is 14.9. The number of nitrogens with zero attached hydrogens (tertiary/aromatic N) is 1. The van der Waals surface area contributed by atoms with Crippen molar-refractivity contribution in [3.05, 3.63) is 83.6 Å². The van der Waals surface area contributed by atoms with Gasteiger partial charge in [-0.1, -0.05) is 74.5 Å². The summed E-state index contributed by atoms with van der Waals surface area (Å²) in [5.74, 6) is 0. The molecule has 0 atom stereocenters. The maximum Gasteiger partial charge on any atom is 0.0643 e. The van der Waals surface area contributed by atoms with Crippen LogP contribution in [0.1, 0.15) is 37.8 Å². The third kappa shape index (κ3) is 4.82. The minimum atomic E-state index is 0.253. The predicted molar refractivity (Wildman–Crippen MR) is 102 cm³/mol. The summed E-state index contributed by atoms with van der Waals surface area (Å²) in [6, 6.07) is 21.0. The Kier molecular flexibility index (Phi) is 5.14. The van der Waals surface area contributed by atoms with Crippen LogP contribution in [-0.4, -0.2) is 5.71 Å². The third-order valence-corrected chi connectivity index (χ3v) is 4.34. The van der Waals surface area contributed by atoms with Gasteiger partial charge in [-0.15, -0.1) is 0 Å². The molecule has 2 nitrogen and oxygen atoms in total. The van der Waals surface area contributed by atoms with E-state index >= 15 is 0 Å². The van der Waals surface area contributed by atoms with E-state index in [1.165, 1.54) is 22.5 Å². The average molecular weight is 318 g/mol. The molecule has 0 bridgehead atoms. The van der Waals surface area contributed by atoms with Gasteiger partial charge in [0.25, 0.3) is 0 Å². The molecule has 0 heterocycles. The molecule has 1 aliphatic rings. The highest BCUT2D eigenvalue weighted by Gasteiger charge is 2.26.